The zero-order valence-electron chi connectivity index (χ0n) is 11.2. The number of ether oxygens (including phenoxy) is 1. The van der Waals surface area contributed by atoms with Crippen LogP contribution in [0.15, 0.2) is 18.2 Å². The van der Waals surface area contributed by atoms with E-state index >= 15 is 0 Å². The van der Waals surface area contributed by atoms with E-state index in [1.54, 1.807) is 18.2 Å². The van der Waals surface area contributed by atoms with Crippen LogP contribution in [-0.2, 0) is 9.59 Å². The molecule has 1 saturated carbocycles. The van der Waals surface area contributed by atoms with Crippen LogP contribution >= 0.6 is 23.2 Å². The van der Waals surface area contributed by atoms with Gasteiger partial charge in [0, 0.05) is 10.0 Å². The van der Waals surface area contributed by atoms with Crippen molar-refractivity contribution in [3.63, 3.8) is 0 Å². The maximum atomic E-state index is 11.9. The smallest absolute Gasteiger partial charge is 0.305 e. The predicted octanol–water partition coefficient (Wildman–Crippen LogP) is 2.89. The fourth-order valence-corrected chi connectivity index (χ4v) is 2.84. The van der Waals surface area contributed by atoms with Gasteiger partial charge in [0.1, 0.15) is 5.75 Å². The van der Waals surface area contributed by atoms with E-state index in [0.717, 1.165) is 6.42 Å². The summed E-state index contributed by atoms with van der Waals surface area (Å²) in [5, 5.41) is 12.5. The Morgan fingerprint density at radius 2 is 1.86 bits per heavy atom. The maximum Gasteiger partial charge on any atom is 0.305 e. The van der Waals surface area contributed by atoms with Gasteiger partial charge >= 0.3 is 5.97 Å². The Balaban J connectivity index is 1.88. The van der Waals surface area contributed by atoms with Crippen LogP contribution in [0.1, 0.15) is 25.7 Å². The van der Waals surface area contributed by atoms with Gasteiger partial charge in [0.05, 0.1) is 12.0 Å². The fourth-order valence-electron chi connectivity index (χ4n) is 2.33. The highest BCUT2D eigenvalue weighted by Gasteiger charge is 2.40. The molecule has 0 aliphatic heterocycles. The molecule has 0 saturated heterocycles. The van der Waals surface area contributed by atoms with Crippen molar-refractivity contribution < 1.29 is 19.4 Å². The van der Waals surface area contributed by atoms with Crippen LogP contribution in [0.2, 0.25) is 10.0 Å². The Morgan fingerprint density at radius 1 is 1.24 bits per heavy atom. The number of benzene rings is 1. The molecule has 2 N–H and O–H groups in total. The van der Waals surface area contributed by atoms with E-state index in [1.165, 1.54) is 0 Å². The first-order valence-corrected chi connectivity index (χ1v) is 7.26. The lowest BCUT2D eigenvalue weighted by Crippen LogP contribution is -2.55. The SMILES string of the molecule is O=C(O)CC1(NC(=O)COc2cc(Cl)cc(Cl)c2)CCC1. The Hall–Kier alpha value is -1.46. The number of hydrogen-bond acceptors (Lipinski definition) is 3. The molecule has 0 radical (unpaired) electrons. The molecule has 2 rings (SSSR count). The molecule has 5 nitrogen and oxygen atoms in total. The second-order valence-corrected chi connectivity index (χ2v) is 6.02. The Kier molecular flexibility index (Phi) is 4.96. The molecule has 1 amide bonds. The molecular weight excluding hydrogens is 317 g/mol. The van der Waals surface area contributed by atoms with Crippen molar-refractivity contribution >= 4 is 35.1 Å². The average Bonchev–Trinajstić information content (AvgIpc) is 2.32. The molecule has 1 aliphatic carbocycles. The second kappa shape index (κ2) is 6.54. The highest BCUT2D eigenvalue weighted by atomic mass is 35.5. The summed E-state index contributed by atoms with van der Waals surface area (Å²) in [4.78, 5) is 22.7. The van der Waals surface area contributed by atoms with E-state index in [-0.39, 0.29) is 18.9 Å². The van der Waals surface area contributed by atoms with Gasteiger partial charge < -0.3 is 15.2 Å². The molecule has 1 fully saturated rings. The van der Waals surface area contributed by atoms with E-state index in [1.807, 2.05) is 0 Å². The summed E-state index contributed by atoms with van der Waals surface area (Å²) in [5.74, 6) is -0.881. The Morgan fingerprint density at radius 3 is 2.33 bits per heavy atom. The number of nitrogens with one attached hydrogen (secondary N) is 1. The monoisotopic (exact) mass is 331 g/mol. The van der Waals surface area contributed by atoms with Crippen molar-refractivity contribution in [3.8, 4) is 5.75 Å². The molecule has 0 bridgehead atoms. The molecule has 7 heteroatoms. The molecule has 0 unspecified atom stereocenters. The number of amides is 1. The number of rotatable bonds is 6. The second-order valence-electron chi connectivity index (χ2n) is 5.15. The van der Waals surface area contributed by atoms with Gasteiger partial charge in [-0.15, -0.1) is 0 Å². The molecular formula is C14H15Cl2NO4. The summed E-state index contributed by atoms with van der Waals surface area (Å²) in [6.45, 7) is -0.210. The number of carbonyl (C=O) groups excluding carboxylic acids is 1. The van der Waals surface area contributed by atoms with Crippen molar-refractivity contribution in [2.45, 2.75) is 31.2 Å². The molecule has 0 atom stereocenters. The van der Waals surface area contributed by atoms with Crippen LogP contribution in [0.5, 0.6) is 5.75 Å². The number of halogens is 2. The maximum absolute atomic E-state index is 11.9. The summed E-state index contributed by atoms with van der Waals surface area (Å²) in [5.41, 5.74) is -0.627. The van der Waals surface area contributed by atoms with Crippen LogP contribution in [0.4, 0.5) is 0 Å². The number of carboxylic acid groups (broad SMARTS) is 1. The van der Waals surface area contributed by atoms with Crippen LogP contribution in [0.3, 0.4) is 0 Å². The van der Waals surface area contributed by atoms with Gasteiger partial charge in [0.2, 0.25) is 0 Å². The van der Waals surface area contributed by atoms with Gasteiger partial charge in [-0.25, -0.2) is 0 Å². The topological polar surface area (TPSA) is 75.6 Å². The van der Waals surface area contributed by atoms with Crippen molar-refractivity contribution in [3.05, 3.63) is 28.2 Å². The lowest BCUT2D eigenvalue weighted by atomic mass is 9.74. The normalized spacial score (nSPS) is 15.9. The van der Waals surface area contributed by atoms with Crippen LogP contribution in [0.25, 0.3) is 0 Å². The molecule has 0 heterocycles. The quantitative estimate of drug-likeness (QED) is 0.840. The van der Waals surface area contributed by atoms with E-state index in [4.69, 9.17) is 33.0 Å². The molecule has 0 spiro atoms. The fraction of sp³-hybridized carbons (Fsp3) is 0.429. The van der Waals surface area contributed by atoms with Crippen molar-refractivity contribution in [2.75, 3.05) is 6.61 Å². The third-order valence-electron chi connectivity index (χ3n) is 3.41. The van der Waals surface area contributed by atoms with Crippen molar-refractivity contribution in [2.24, 2.45) is 0 Å². The molecule has 1 aromatic rings. The van der Waals surface area contributed by atoms with Crippen LogP contribution < -0.4 is 10.1 Å². The van der Waals surface area contributed by atoms with Gasteiger partial charge in [-0.2, -0.15) is 0 Å². The van der Waals surface area contributed by atoms with Crippen molar-refractivity contribution in [1.82, 2.24) is 5.32 Å². The van der Waals surface area contributed by atoms with E-state index in [9.17, 15) is 9.59 Å². The Bertz CT molecular complexity index is 538. The summed E-state index contributed by atoms with van der Waals surface area (Å²) < 4.78 is 5.32. The highest BCUT2D eigenvalue weighted by molar-refractivity contribution is 6.34. The summed E-state index contributed by atoms with van der Waals surface area (Å²) >= 11 is 11.7. The molecule has 1 aliphatic rings. The number of carboxylic acids is 1. The van der Waals surface area contributed by atoms with Gasteiger partial charge in [-0.3, -0.25) is 9.59 Å². The van der Waals surface area contributed by atoms with Crippen molar-refractivity contribution in [1.29, 1.82) is 0 Å². The van der Waals surface area contributed by atoms with Gasteiger partial charge in [0.25, 0.3) is 5.91 Å². The molecule has 0 aromatic heterocycles. The first kappa shape index (κ1) is 15.9. The van der Waals surface area contributed by atoms with E-state index < -0.39 is 11.5 Å². The van der Waals surface area contributed by atoms with E-state index in [0.29, 0.717) is 28.6 Å². The minimum Gasteiger partial charge on any atom is -0.484 e. The molecule has 114 valence electrons. The predicted molar refractivity (Wildman–Crippen MR) is 78.9 cm³/mol. The zero-order chi connectivity index (χ0) is 15.5. The number of hydrogen-bond donors (Lipinski definition) is 2. The van der Waals surface area contributed by atoms with Gasteiger partial charge in [-0.05, 0) is 37.5 Å². The lowest BCUT2D eigenvalue weighted by Gasteiger charge is -2.41. The largest absolute Gasteiger partial charge is 0.484 e. The van der Waals surface area contributed by atoms with Gasteiger partial charge in [0.15, 0.2) is 6.61 Å². The van der Waals surface area contributed by atoms with Gasteiger partial charge in [-0.1, -0.05) is 23.2 Å². The lowest BCUT2D eigenvalue weighted by molar-refractivity contribution is -0.140. The molecule has 21 heavy (non-hydrogen) atoms. The summed E-state index contributed by atoms with van der Waals surface area (Å²) in [6, 6.07) is 4.67. The zero-order valence-corrected chi connectivity index (χ0v) is 12.7. The third kappa shape index (κ3) is 4.51. The number of carbonyl (C=O) groups is 2. The van der Waals surface area contributed by atoms with Crippen LogP contribution in [-0.4, -0.2) is 29.1 Å². The third-order valence-corrected chi connectivity index (χ3v) is 3.85. The average molecular weight is 332 g/mol. The minimum absolute atomic E-state index is 0.0677. The standard InChI is InChI=1S/C14H15Cl2NO4/c15-9-4-10(16)6-11(5-9)21-8-12(18)17-14(2-1-3-14)7-13(19)20/h4-6H,1-3,7-8H2,(H,17,18)(H,19,20). The number of aliphatic carboxylic acids is 1. The summed E-state index contributed by atoms with van der Waals surface area (Å²) in [7, 11) is 0. The van der Waals surface area contributed by atoms with Crippen LogP contribution in [0, 0.1) is 0 Å². The minimum atomic E-state index is -0.919. The first-order valence-electron chi connectivity index (χ1n) is 6.50. The first-order chi connectivity index (χ1) is 9.88. The highest BCUT2D eigenvalue weighted by Crippen LogP contribution is 2.34. The summed E-state index contributed by atoms with van der Waals surface area (Å²) in [6.07, 6.45) is 2.20. The molecule has 1 aromatic carbocycles. The van der Waals surface area contributed by atoms with E-state index in [2.05, 4.69) is 5.32 Å². The Labute approximate surface area is 132 Å².